The minimum atomic E-state index is -5.99. The molecule has 2 aromatic carbocycles. The van der Waals surface area contributed by atoms with Crippen molar-refractivity contribution in [2.45, 2.75) is 122 Å². The monoisotopic (exact) mass is 976 g/mol. The molecule has 0 N–H and O–H groups in total. The highest BCUT2D eigenvalue weighted by molar-refractivity contribution is 7.87. The number of methoxy groups -OCH3 is 2. The summed E-state index contributed by atoms with van der Waals surface area (Å²) in [5.41, 5.74) is -6.05. The summed E-state index contributed by atoms with van der Waals surface area (Å²) >= 11 is 0. The van der Waals surface area contributed by atoms with Crippen LogP contribution in [0.15, 0.2) is 36.2 Å². The molecule has 2 aromatic rings. The van der Waals surface area contributed by atoms with Gasteiger partial charge in [-0.05, 0) is 61.2 Å². The average Bonchev–Trinajstić information content (AvgIpc) is 3.76. The lowest BCUT2D eigenvalue weighted by Gasteiger charge is -2.37. The second-order valence-corrected chi connectivity index (χ2v) is 30.0. The number of benzene rings is 2. The van der Waals surface area contributed by atoms with E-state index in [2.05, 4.69) is 38.0 Å². The van der Waals surface area contributed by atoms with E-state index in [1.807, 2.05) is 33.9 Å². The van der Waals surface area contributed by atoms with Gasteiger partial charge >= 0.3 is 15.6 Å². The quantitative estimate of drug-likeness (QED) is 0.0569. The van der Waals surface area contributed by atoms with Gasteiger partial charge in [-0.1, -0.05) is 41.5 Å². The van der Waals surface area contributed by atoms with Gasteiger partial charge in [0.15, 0.2) is 22.4 Å². The first-order valence-electron chi connectivity index (χ1n) is 20.3. The van der Waals surface area contributed by atoms with E-state index >= 15 is 0 Å². The fourth-order valence-electron chi connectivity index (χ4n) is 6.16. The molecule has 2 heterocycles. The summed E-state index contributed by atoms with van der Waals surface area (Å²) < 4.78 is 88.7. The smallest absolute Gasteiger partial charge is 0.496 e. The Morgan fingerprint density at radius 2 is 1.17 bits per heavy atom. The molecule has 24 heteroatoms. The van der Waals surface area contributed by atoms with Crippen molar-refractivity contribution in [3.63, 3.8) is 0 Å². The van der Waals surface area contributed by atoms with Crippen molar-refractivity contribution in [1.82, 2.24) is 9.80 Å². The summed E-state index contributed by atoms with van der Waals surface area (Å²) in [5, 5.41) is 22.9. The summed E-state index contributed by atoms with van der Waals surface area (Å²) in [4.78, 5) is 62.9. The summed E-state index contributed by atoms with van der Waals surface area (Å²) in [6.07, 6.45) is 0.588. The predicted octanol–water partition coefficient (Wildman–Crippen LogP) is 8.57. The fraction of sp³-hybridized carbons (Fsp3) is 0.585. The molecule has 0 aliphatic carbocycles. The first-order chi connectivity index (χ1) is 29.5. The van der Waals surface area contributed by atoms with Gasteiger partial charge in [-0.25, -0.2) is 0 Å². The molecule has 65 heavy (non-hydrogen) atoms. The highest BCUT2D eigenvalue weighted by atomic mass is 32.2. The van der Waals surface area contributed by atoms with E-state index in [-0.39, 0.29) is 59.0 Å². The highest BCUT2D eigenvalue weighted by Crippen LogP contribution is 2.40. The molecule has 2 aliphatic heterocycles. The summed E-state index contributed by atoms with van der Waals surface area (Å²) in [6.45, 7) is 23.5. The molecule has 2 aliphatic rings. The van der Waals surface area contributed by atoms with Crippen molar-refractivity contribution in [2.24, 2.45) is 0 Å². The van der Waals surface area contributed by atoms with Gasteiger partial charge in [-0.15, -0.1) is 0 Å². The van der Waals surface area contributed by atoms with Crippen molar-refractivity contribution >= 4 is 55.7 Å². The van der Waals surface area contributed by atoms with Crippen molar-refractivity contribution in [1.29, 1.82) is 0 Å². The lowest BCUT2D eigenvalue weighted by atomic mass is 10.1. The molecule has 0 spiro atoms. The van der Waals surface area contributed by atoms with Gasteiger partial charge in [0, 0.05) is 43.3 Å². The zero-order valence-corrected chi connectivity index (χ0v) is 41.9. The standard InChI is InChI=1S/C21H29F3N2O8SSi.C20H30N2O6Si/c1-13-8-17(26(28)29)16(10-18(13)32-5)19(27)25-11-15(34-35(30,31)21(22,23)24)9-14(25)12-33-36(6,7)20(2,3)4;1-13-8-17(22(25)26)16(10-18(13)27-5)19(24)21-11-15(23)9-14(21)12-28-29(6,7)20(2,3)4/h8,10-11,14H,9,12H2,1-7H3;8,10,14H,9,11-12H2,1-7H3/t2*14-/m00/s1. The van der Waals surface area contributed by atoms with Crippen LogP contribution >= 0.6 is 0 Å². The van der Waals surface area contributed by atoms with Crippen LogP contribution in [0.25, 0.3) is 0 Å². The van der Waals surface area contributed by atoms with E-state index in [0.717, 1.165) is 23.2 Å². The van der Waals surface area contributed by atoms with Crippen molar-refractivity contribution in [3.8, 4) is 11.5 Å². The number of aryl methyl sites for hydroxylation is 2. The van der Waals surface area contributed by atoms with Crippen molar-refractivity contribution in [2.75, 3.05) is 34.0 Å². The second kappa shape index (κ2) is 19.9. The highest BCUT2D eigenvalue weighted by Gasteiger charge is 2.50. The van der Waals surface area contributed by atoms with Gasteiger partial charge in [-0.3, -0.25) is 34.6 Å². The first kappa shape index (κ1) is 54.4. The Kier molecular flexibility index (Phi) is 16.7. The lowest BCUT2D eigenvalue weighted by Crippen LogP contribution is -2.46. The maximum absolute atomic E-state index is 13.4. The van der Waals surface area contributed by atoms with Gasteiger partial charge < -0.3 is 32.3 Å². The number of likely N-dealkylation sites (tertiary alicyclic amines) is 1. The number of hydrogen-bond donors (Lipinski definition) is 0. The summed E-state index contributed by atoms with van der Waals surface area (Å²) in [7, 11) is -7.70. The Morgan fingerprint density at radius 1 is 0.754 bits per heavy atom. The molecule has 2 atom stereocenters. The van der Waals surface area contributed by atoms with Crippen LogP contribution in [0.5, 0.6) is 11.5 Å². The number of halogens is 3. The minimum Gasteiger partial charge on any atom is -0.496 e. The molecular formula is C41H59F3N4O14SSi2. The zero-order valence-electron chi connectivity index (χ0n) is 39.1. The van der Waals surface area contributed by atoms with Crippen LogP contribution in [0.4, 0.5) is 24.5 Å². The van der Waals surface area contributed by atoms with Gasteiger partial charge in [0.1, 0.15) is 28.4 Å². The number of ether oxygens (including phenoxy) is 2. The third-order valence-electron chi connectivity index (χ3n) is 12.1. The van der Waals surface area contributed by atoms with Crippen LogP contribution in [0.3, 0.4) is 0 Å². The third-order valence-corrected chi connectivity index (χ3v) is 22.1. The molecule has 0 radical (unpaired) electrons. The molecule has 0 saturated carbocycles. The molecule has 0 bridgehead atoms. The van der Waals surface area contributed by atoms with E-state index in [9.17, 15) is 56.2 Å². The largest absolute Gasteiger partial charge is 0.534 e. The molecule has 18 nitrogen and oxygen atoms in total. The minimum absolute atomic E-state index is 0.00639. The SMILES string of the molecule is COc1cc(C(=O)N2C=C(OS(=O)(=O)C(F)(F)F)C[C@H]2CO[Si](C)(C)C(C)(C)C)c([N+](=O)[O-])cc1C.COc1cc(C(=O)N2CC(=O)C[C@H]2CO[Si](C)(C)C(C)(C)C)c([N+](=O)[O-])cc1C. The number of nitrogens with zero attached hydrogens (tertiary/aromatic N) is 4. The number of nitro groups is 2. The number of ketones is 1. The van der Waals surface area contributed by atoms with Crippen LogP contribution < -0.4 is 9.47 Å². The number of rotatable bonds is 14. The molecule has 1 fully saturated rings. The maximum Gasteiger partial charge on any atom is 0.534 e. The summed E-state index contributed by atoms with van der Waals surface area (Å²) in [5.74, 6) is -1.66. The van der Waals surface area contributed by atoms with E-state index in [0.29, 0.717) is 16.9 Å². The molecule has 0 aromatic heterocycles. The van der Waals surface area contributed by atoms with E-state index in [1.54, 1.807) is 13.8 Å². The van der Waals surface area contributed by atoms with Crippen molar-refractivity contribution < 1.29 is 68.3 Å². The third kappa shape index (κ3) is 12.7. The normalized spacial score (nSPS) is 17.3. The molecular weight excluding hydrogens is 918 g/mol. The Morgan fingerprint density at radius 3 is 1.55 bits per heavy atom. The molecule has 4 rings (SSSR count). The van der Waals surface area contributed by atoms with Gasteiger partial charge in [0.25, 0.3) is 23.2 Å². The molecule has 0 unspecified atom stereocenters. The number of hydrogen-bond acceptors (Lipinski definition) is 14. The van der Waals surface area contributed by atoms with Crippen LogP contribution in [0.1, 0.15) is 86.2 Å². The van der Waals surface area contributed by atoms with E-state index < -0.39 is 89.4 Å². The first-order valence-corrected chi connectivity index (χ1v) is 27.5. The fourth-order valence-corrected chi connectivity index (χ4v) is 8.73. The number of carbonyl (C=O) groups is 3. The Balaban J connectivity index is 0.000000353. The summed E-state index contributed by atoms with van der Waals surface area (Å²) in [6, 6.07) is 3.59. The Hall–Kier alpha value is -4.92. The zero-order chi connectivity index (χ0) is 50.0. The molecule has 2 amide bonds. The van der Waals surface area contributed by atoms with Crippen LogP contribution in [0.2, 0.25) is 36.3 Å². The maximum atomic E-state index is 13.4. The Bertz CT molecular complexity index is 2330. The number of Topliss-reactive ketones (excluding diaryl/α,β-unsaturated/α-hetero) is 1. The van der Waals surface area contributed by atoms with Crippen molar-refractivity contribution in [3.05, 3.63) is 78.7 Å². The number of amides is 2. The predicted molar refractivity (Wildman–Crippen MR) is 238 cm³/mol. The van der Waals surface area contributed by atoms with Gasteiger partial charge in [0.2, 0.25) is 0 Å². The van der Waals surface area contributed by atoms with Crippen LogP contribution in [-0.4, -0.2) is 114 Å². The lowest BCUT2D eigenvalue weighted by molar-refractivity contribution is -0.385. The van der Waals surface area contributed by atoms with E-state index in [1.165, 1.54) is 31.3 Å². The molecule has 1 saturated heterocycles. The molecule has 362 valence electrons. The number of alkyl halides is 3. The average molecular weight is 977 g/mol. The van der Waals surface area contributed by atoms with E-state index in [4.69, 9.17) is 18.3 Å². The van der Waals surface area contributed by atoms with Crippen LogP contribution in [-0.2, 0) is 27.9 Å². The topological polar surface area (TPSA) is 224 Å². The number of nitro benzene ring substituents is 2. The van der Waals surface area contributed by atoms with Gasteiger partial charge in [0.05, 0.1) is 55.9 Å². The van der Waals surface area contributed by atoms with Crippen LogP contribution in [0, 0.1) is 34.1 Å². The Labute approximate surface area is 379 Å². The van der Waals surface area contributed by atoms with Gasteiger partial charge in [-0.2, -0.15) is 21.6 Å². The number of carbonyl (C=O) groups excluding carboxylic acids is 3. The second-order valence-electron chi connectivity index (χ2n) is 18.8.